The summed E-state index contributed by atoms with van der Waals surface area (Å²) in [6, 6.07) is 19.8. The van der Waals surface area contributed by atoms with E-state index in [1.165, 1.54) is 13.2 Å². The van der Waals surface area contributed by atoms with Gasteiger partial charge in [-0.1, -0.05) is 24.3 Å². The minimum absolute atomic E-state index is 0.156. The van der Waals surface area contributed by atoms with Crippen LogP contribution in [0.2, 0.25) is 0 Å². The maximum atomic E-state index is 12.4. The number of ether oxygens (including phenoxy) is 2. The Morgan fingerprint density at radius 3 is 2.52 bits per heavy atom. The first-order chi connectivity index (χ1) is 14.0. The molecule has 1 heterocycles. The summed E-state index contributed by atoms with van der Waals surface area (Å²) in [5.41, 5.74) is 1.38. The Balaban J connectivity index is 1.55. The Labute approximate surface area is 167 Å². The van der Waals surface area contributed by atoms with Crippen molar-refractivity contribution in [2.45, 2.75) is 4.90 Å². The van der Waals surface area contributed by atoms with Crippen LogP contribution >= 0.6 is 0 Å². The first kappa shape index (κ1) is 18.7. The highest BCUT2D eigenvalue weighted by Gasteiger charge is 2.28. The molecule has 0 amide bonds. The van der Waals surface area contributed by atoms with E-state index in [4.69, 9.17) is 9.47 Å². The maximum absolute atomic E-state index is 12.4. The minimum Gasteiger partial charge on any atom is -0.497 e. The first-order valence-electron chi connectivity index (χ1n) is 8.64. The predicted molar refractivity (Wildman–Crippen MR) is 108 cm³/mol. The van der Waals surface area contributed by atoms with Crippen LogP contribution in [0.5, 0.6) is 11.5 Å². The van der Waals surface area contributed by atoms with Gasteiger partial charge in [0, 0.05) is 17.3 Å². The Bertz CT molecular complexity index is 1240. The van der Waals surface area contributed by atoms with Crippen molar-refractivity contribution in [2.24, 2.45) is 4.40 Å². The highest BCUT2D eigenvalue weighted by Crippen LogP contribution is 2.27. The lowest BCUT2D eigenvalue weighted by molar-refractivity contribution is 0.0734. The molecule has 4 rings (SSSR count). The van der Waals surface area contributed by atoms with Gasteiger partial charge in [0.2, 0.25) is 0 Å². The zero-order valence-corrected chi connectivity index (χ0v) is 16.1. The van der Waals surface area contributed by atoms with Crippen molar-refractivity contribution in [2.75, 3.05) is 12.4 Å². The molecule has 0 bridgehead atoms. The van der Waals surface area contributed by atoms with Gasteiger partial charge in [0.05, 0.1) is 12.7 Å². The van der Waals surface area contributed by atoms with Crippen LogP contribution in [0.3, 0.4) is 0 Å². The Kier molecular flexibility index (Phi) is 4.77. The number of anilines is 1. The van der Waals surface area contributed by atoms with E-state index in [0.29, 0.717) is 28.3 Å². The molecule has 7 nitrogen and oxygen atoms in total. The number of carbonyl (C=O) groups excluding carboxylic acids is 1. The highest BCUT2D eigenvalue weighted by molar-refractivity contribution is 7.90. The van der Waals surface area contributed by atoms with Crippen molar-refractivity contribution < 1.29 is 22.7 Å². The molecule has 0 aromatic heterocycles. The number of esters is 1. The summed E-state index contributed by atoms with van der Waals surface area (Å²) in [6.07, 6.45) is 0. The molecule has 0 saturated heterocycles. The number of hydrogen-bond donors (Lipinski definition) is 1. The molecule has 146 valence electrons. The number of hydrogen-bond acceptors (Lipinski definition) is 6. The number of methoxy groups -OCH3 is 1. The fourth-order valence-corrected chi connectivity index (χ4v) is 4.06. The number of rotatable bonds is 4. The van der Waals surface area contributed by atoms with Crippen molar-refractivity contribution in [3.63, 3.8) is 0 Å². The Morgan fingerprint density at radius 1 is 0.931 bits per heavy atom. The third kappa shape index (κ3) is 3.83. The molecule has 8 heteroatoms. The monoisotopic (exact) mass is 408 g/mol. The number of benzene rings is 3. The third-order valence-corrected chi connectivity index (χ3v) is 5.58. The van der Waals surface area contributed by atoms with Gasteiger partial charge >= 0.3 is 5.97 Å². The van der Waals surface area contributed by atoms with Gasteiger partial charge in [0.15, 0.2) is 5.84 Å². The number of amidine groups is 1. The second-order valence-corrected chi connectivity index (χ2v) is 7.76. The zero-order valence-electron chi connectivity index (χ0n) is 15.3. The van der Waals surface area contributed by atoms with E-state index in [-0.39, 0.29) is 10.7 Å². The first-order valence-corrected chi connectivity index (χ1v) is 10.1. The molecule has 29 heavy (non-hydrogen) atoms. The molecule has 3 aromatic rings. The summed E-state index contributed by atoms with van der Waals surface area (Å²) in [7, 11) is -2.20. The lowest BCUT2D eigenvalue weighted by Gasteiger charge is -2.09. The van der Waals surface area contributed by atoms with Crippen molar-refractivity contribution in [1.29, 1.82) is 0 Å². The average molecular weight is 408 g/mol. The van der Waals surface area contributed by atoms with Crippen LogP contribution in [0.4, 0.5) is 5.69 Å². The molecule has 3 aromatic carbocycles. The largest absolute Gasteiger partial charge is 0.497 e. The van der Waals surface area contributed by atoms with Gasteiger partial charge in [-0.2, -0.15) is 8.42 Å². The van der Waals surface area contributed by atoms with Gasteiger partial charge in [-0.25, -0.2) is 4.79 Å². The van der Waals surface area contributed by atoms with Crippen LogP contribution in [0.1, 0.15) is 15.9 Å². The number of sulfonamides is 1. The predicted octanol–water partition coefficient (Wildman–Crippen LogP) is 3.48. The molecule has 0 fully saturated rings. The van der Waals surface area contributed by atoms with Crippen LogP contribution in [-0.2, 0) is 10.0 Å². The lowest BCUT2D eigenvalue weighted by Crippen LogP contribution is -2.12. The van der Waals surface area contributed by atoms with Crippen LogP contribution in [0.25, 0.3) is 0 Å². The Morgan fingerprint density at radius 2 is 1.69 bits per heavy atom. The maximum Gasteiger partial charge on any atom is 0.343 e. The lowest BCUT2D eigenvalue weighted by atomic mass is 10.2. The van der Waals surface area contributed by atoms with E-state index in [1.54, 1.807) is 66.7 Å². The van der Waals surface area contributed by atoms with Crippen molar-refractivity contribution in [3.05, 3.63) is 83.9 Å². The van der Waals surface area contributed by atoms with Crippen LogP contribution in [-0.4, -0.2) is 27.3 Å². The van der Waals surface area contributed by atoms with Crippen LogP contribution in [0, 0.1) is 0 Å². The molecule has 0 unspecified atom stereocenters. The van der Waals surface area contributed by atoms with E-state index in [0.717, 1.165) is 0 Å². The van der Waals surface area contributed by atoms with E-state index in [2.05, 4.69) is 9.71 Å². The second kappa shape index (κ2) is 7.40. The van der Waals surface area contributed by atoms with Crippen molar-refractivity contribution in [1.82, 2.24) is 0 Å². The summed E-state index contributed by atoms with van der Waals surface area (Å²) in [5.74, 6) is 0.538. The molecular formula is C21H16N2O5S. The van der Waals surface area contributed by atoms with Crippen LogP contribution in [0.15, 0.2) is 82.1 Å². The van der Waals surface area contributed by atoms with Gasteiger partial charge in [0.1, 0.15) is 16.4 Å². The summed E-state index contributed by atoms with van der Waals surface area (Å²) in [6.45, 7) is 0. The molecule has 1 N–H and O–H groups in total. The average Bonchev–Trinajstić information content (AvgIpc) is 2.98. The summed E-state index contributed by atoms with van der Waals surface area (Å²) >= 11 is 0. The quantitative estimate of drug-likeness (QED) is 0.525. The Hall–Kier alpha value is -3.65. The zero-order chi connectivity index (χ0) is 20.4. The topological polar surface area (TPSA) is 94.1 Å². The van der Waals surface area contributed by atoms with Crippen molar-refractivity contribution in [3.8, 4) is 11.5 Å². The molecule has 0 spiro atoms. The van der Waals surface area contributed by atoms with Crippen LogP contribution < -0.4 is 14.8 Å². The molecule has 0 radical (unpaired) electrons. The third-order valence-electron chi connectivity index (χ3n) is 4.24. The van der Waals surface area contributed by atoms with Gasteiger partial charge in [-0.05, 0) is 42.5 Å². The minimum atomic E-state index is -3.72. The van der Waals surface area contributed by atoms with E-state index in [1.807, 2.05) is 0 Å². The fourth-order valence-electron chi connectivity index (χ4n) is 2.89. The summed E-state index contributed by atoms with van der Waals surface area (Å²) in [4.78, 5) is 12.5. The van der Waals surface area contributed by atoms with Gasteiger partial charge in [-0.15, -0.1) is 4.40 Å². The van der Waals surface area contributed by atoms with E-state index >= 15 is 0 Å². The SMILES string of the molecule is COc1cccc(C(=O)Oc2cccc(NC3=NS(=O)(=O)c4ccccc43)c2)c1. The fraction of sp³-hybridized carbons (Fsp3) is 0.0476. The number of nitrogens with zero attached hydrogens (tertiary/aromatic N) is 1. The molecular weight excluding hydrogens is 392 g/mol. The van der Waals surface area contributed by atoms with Crippen molar-refractivity contribution >= 4 is 27.5 Å². The molecule has 0 atom stereocenters. The second-order valence-electron chi connectivity index (χ2n) is 6.19. The van der Waals surface area contributed by atoms with Gasteiger partial charge in [-0.3, -0.25) is 0 Å². The van der Waals surface area contributed by atoms with Gasteiger partial charge in [0.25, 0.3) is 10.0 Å². The van der Waals surface area contributed by atoms with Gasteiger partial charge < -0.3 is 14.8 Å². The number of fused-ring (bicyclic) bond motifs is 1. The number of carbonyl (C=O) groups is 1. The van der Waals surface area contributed by atoms with E-state index in [9.17, 15) is 13.2 Å². The molecule has 0 saturated carbocycles. The molecule has 0 aliphatic carbocycles. The molecule has 1 aliphatic rings. The van der Waals surface area contributed by atoms with E-state index < -0.39 is 16.0 Å². The highest BCUT2D eigenvalue weighted by atomic mass is 32.2. The normalized spacial score (nSPS) is 13.9. The summed E-state index contributed by atoms with van der Waals surface area (Å²) in [5, 5.41) is 2.98. The number of nitrogens with one attached hydrogen (secondary N) is 1. The molecule has 1 aliphatic heterocycles. The summed E-state index contributed by atoms with van der Waals surface area (Å²) < 4.78 is 38.7. The standard InChI is InChI=1S/C21H16N2O5S/c1-27-16-8-4-6-14(12-16)21(24)28-17-9-5-7-15(13-17)22-20-18-10-2-3-11-19(18)29(25,26)23-20/h2-13H,1H3,(H,22,23). The smallest absolute Gasteiger partial charge is 0.343 e.